The molecule has 38 heavy (non-hydrogen) atoms. The van der Waals surface area contributed by atoms with E-state index in [4.69, 9.17) is 21.1 Å². The lowest BCUT2D eigenvalue weighted by molar-refractivity contribution is -0.135. The van der Waals surface area contributed by atoms with Gasteiger partial charge in [-0.3, -0.25) is 4.79 Å². The van der Waals surface area contributed by atoms with Gasteiger partial charge in [0.25, 0.3) is 0 Å². The summed E-state index contributed by atoms with van der Waals surface area (Å²) in [6.45, 7) is 0.945. The highest BCUT2D eigenvalue weighted by molar-refractivity contribution is 7.89. The lowest BCUT2D eigenvalue weighted by Gasteiger charge is -2.37. The number of fused-ring (bicyclic) bond motifs is 1. The lowest BCUT2D eigenvalue weighted by Crippen LogP contribution is -2.49. The Morgan fingerprint density at radius 2 is 1.92 bits per heavy atom. The monoisotopic (exact) mass is 578 g/mol. The molecule has 3 heterocycles. The van der Waals surface area contributed by atoms with Gasteiger partial charge in [0.15, 0.2) is 0 Å². The fraction of sp³-hybridized carbons (Fsp3) is 0.370. The maximum Gasteiger partial charge on any atom is 0.243 e. The predicted molar refractivity (Wildman–Crippen MR) is 144 cm³/mol. The van der Waals surface area contributed by atoms with Gasteiger partial charge in [-0.15, -0.1) is 11.3 Å². The maximum atomic E-state index is 13.8. The SMILES string of the molecule is O=C(CN(CC1CCCO1)S(=O)(=O)c1ccc(Cl)cc1)N1CCc2sccc2C1COc1ccc(F)cc1. The van der Waals surface area contributed by atoms with Crippen LogP contribution in [0.5, 0.6) is 5.75 Å². The van der Waals surface area contributed by atoms with E-state index in [-0.39, 0.29) is 42.4 Å². The number of amides is 1. The van der Waals surface area contributed by atoms with Crippen molar-refractivity contribution in [1.29, 1.82) is 0 Å². The second kappa shape index (κ2) is 11.7. The van der Waals surface area contributed by atoms with E-state index < -0.39 is 16.1 Å². The summed E-state index contributed by atoms with van der Waals surface area (Å²) in [6, 6.07) is 13.2. The van der Waals surface area contributed by atoms with Crippen LogP contribution in [0, 0.1) is 5.82 Å². The average Bonchev–Trinajstić information content (AvgIpc) is 3.60. The second-order valence-electron chi connectivity index (χ2n) is 9.30. The summed E-state index contributed by atoms with van der Waals surface area (Å²) in [6.07, 6.45) is 1.99. The van der Waals surface area contributed by atoms with Crippen LogP contribution in [0.4, 0.5) is 4.39 Å². The van der Waals surface area contributed by atoms with Crippen LogP contribution in [-0.2, 0) is 26.0 Å². The van der Waals surface area contributed by atoms with Gasteiger partial charge in [0.2, 0.25) is 15.9 Å². The van der Waals surface area contributed by atoms with Crippen LogP contribution in [0.2, 0.25) is 5.02 Å². The Morgan fingerprint density at radius 1 is 1.16 bits per heavy atom. The number of ether oxygens (including phenoxy) is 2. The molecule has 2 aliphatic rings. The van der Waals surface area contributed by atoms with Crippen LogP contribution in [-0.4, -0.2) is 62.5 Å². The van der Waals surface area contributed by atoms with Crippen molar-refractivity contribution >= 4 is 38.9 Å². The molecule has 0 saturated carbocycles. The molecule has 2 unspecified atom stereocenters. The lowest BCUT2D eigenvalue weighted by atomic mass is 10.0. The maximum absolute atomic E-state index is 13.8. The van der Waals surface area contributed by atoms with E-state index in [2.05, 4.69) is 0 Å². The van der Waals surface area contributed by atoms with Crippen LogP contribution in [0.3, 0.4) is 0 Å². The third-order valence-electron chi connectivity index (χ3n) is 6.83. The van der Waals surface area contributed by atoms with Crippen molar-refractivity contribution in [2.75, 3.05) is 32.8 Å². The molecule has 5 rings (SSSR count). The molecule has 0 spiro atoms. The van der Waals surface area contributed by atoms with Crippen molar-refractivity contribution in [3.63, 3.8) is 0 Å². The molecule has 1 aromatic heterocycles. The van der Waals surface area contributed by atoms with E-state index >= 15 is 0 Å². The predicted octanol–water partition coefficient (Wildman–Crippen LogP) is 4.92. The summed E-state index contributed by atoms with van der Waals surface area (Å²) in [7, 11) is -3.98. The first kappa shape index (κ1) is 27.1. The first-order valence-corrected chi connectivity index (χ1v) is 15.1. The summed E-state index contributed by atoms with van der Waals surface area (Å²) in [5, 5.41) is 2.41. The van der Waals surface area contributed by atoms with E-state index in [0.29, 0.717) is 30.3 Å². The van der Waals surface area contributed by atoms with Crippen molar-refractivity contribution in [1.82, 2.24) is 9.21 Å². The van der Waals surface area contributed by atoms with E-state index in [9.17, 15) is 17.6 Å². The van der Waals surface area contributed by atoms with Gasteiger partial charge in [-0.05, 0) is 84.8 Å². The van der Waals surface area contributed by atoms with Gasteiger partial charge in [-0.1, -0.05) is 11.6 Å². The minimum atomic E-state index is -3.98. The minimum Gasteiger partial charge on any atom is -0.491 e. The Hall–Kier alpha value is -2.50. The highest BCUT2D eigenvalue weighted by atomic mass is 35.5. The quantitative estimate of drug-likeness (QED) is 0.360. The zero-order valence-corrected chi connectivity index (χ0v) is 23.0. The molecule has 7 nitrogen and oxygen atoms in total. The molecule has 202 valence electrons. The molecule has 0 bridgehead atoms. The Labute approximate surface area is 230 Å². The molecule has 0 radical (unpaired) electrons. The van der Waals surface area contributed by atoms with E-state index in [1.165, 1.54) is 45.6 Å². The summed E-state index contributed by atoms with van der Waals surface area (Å²) in [5.41, 5.74) is 0.989. The summed E-state index contributed by atoms with van der Waals surface area (Å²) in [4.78, 5) is 16.7. The standard InChI is InChI=1S/C27H28ClFN2O5S2/c28-19-3-9-23(10-4-19)38(33,34)30(16-22-2-1-14-35-22)17-27(32)31-13-11-26-24(12-15-37-26)25(31)18-36-21-7-5-20(29)6-8-21/h3-10,12,15,22,25H,1-2,11,13-14,16-18H2. The van der Waals surface area contributed by atoms with Crippen molar-refractivity contribution in [3.05, 3.63) is 81.3 Å². The molecule has 1 fully saturated rings. The number of halogens is 2. The van der Waals surface area contributed by atoms with Crippen LogP contribution in [0.15, 0.2) is 64.9 Å². The van der Waals surface area contributed by atoms with Crippen molar-refractivity contribution in [3.8, 4) is 5.75 Å². The van der Waals surface area contributed by atoms with Crippen LogP contribution < -0.4 is 4.74 Å². The molecular formula is C27H28ClFN2O5S2. The normalized spacial score (nSPS) is 19.5. The number of carbonyl (C=O) groups excluding carboxylic acids is 1. The Bertz CT molecular complexity index is 1360. The molecule has 2 aromatic carbocycles. The van der Waals surface area contributed by atoms with E-state index in [1.807, 2.05) is 11.4 Å². The number of benzene rings is 2. The molecule has 1 saturated heterocycles. The van der Waals surface area contributed by atoms with Gasteiger partial charge < -0.3 is 14.4 Å². The van der Waals surface area contributed by atoms with Gasteiger partial charge in [-0.2, -0.15) is 4.31 Å². The summed E-state index contributed by atoms with van der Waals surface area (Å²) >= 11 is 7.60. The number of sulfonamides is 1. The first-order valence-electron chi connectivity index (χ1n) is 12.4. The zero-order valence-electron chi connectivity index (χ0n) is 20.6. The number of nitrogens with zero attached hydrogens (tertiary/aromatic N) is 2. The van der Waals surface area contributed by atoms with Gasteiger partial charge in [0.05, 0.1) is 23.6 Å². The molecule has 2 aliphatic heterocycles. The van der Waals surface area contributed by atoms with Gasteiger partial charge in [0.1, 0.15) is 18.2 Å². The van der Waals surface area contributed by atoms with Crippen molar-refractivity contribution in [2.45, 2.75) is 36.3 Å². The number of hydrogen-bond donors (Lipinski definition) is 0. The Balaban J connectivity index is 1.38. The van der Waals surface area contributed by atoms with Crippen LogP contribution in [0.1, 0.15) is 29.3 Å². The highest BCUT2D eigenvalue weighted by Gasteiger charge is 2.36. The number of hydrogen-bond acceptors (Lipinski definition) is 6. The molecule has 0 N–H and O–H groups in total. The molecule has 1 amide bonds. The van der Waals surface area contributed by atoms with E-state index in [0.717, 1.165) is 18.4 Å². The largest absolute Gasteiger partial charge is 0.491 e. The first-order chi connectivity index (χ1) is 18.3. The topological polar surface area (TPSA) is 76.2 Å². The van der Waals surface area contributed by atoms with E-state index in [1.54, 1.807) is 28.4 Å². The highest BCUT2D eigenvalue weighted by Crippen LogP contribution is 2.34. The zero-order chi connectivity index (χ0) is 26.7. The Kier molecular flexibility index (Phi) is 8.35. The average molecular weight is 579 g/mol. The molecule has 0 aliphatic carbocycles. The fourth-order valence-corrected chi connectivity index (χ4v) is 7.32. The second-order valence-corrected chi connectivity index (χ2v) is 12.7. The third-order valence-corrected chi connectivity index (χ3v) is 9.91. The number of carbonyl (C=O) groups is 1. The van der Waals surface area contributed by atoms with Crippen molar-refractivity contribution in [2.24, 2.45) is 0 Å². The van der Waals surface area contributed by atoms with Gasteiger partial charge >= 0.3 is 0 Å². The molecular weight excluding hydrogens is 551 g/mol. The number of thiophene rings is 1. The van der Waals surface area contributed by atoms with Crippen LogP contribution >= 0.6 is 22.9 Å². The minimum absolute atomic E-state index is 0.0719. The smallest absolute Gasteiger partial charge is 0.243 e. The Morgan fingerprint density at radius 3 is 2.63 bits per heavy atom. The third kappa shape index (κ3) is 6.05. The fourth-order valence-electron chi connectivity index (χ4n) is 4.84. The summed E-state index contributed by atoms with van der Waals surface area (Å²) < 4.78 is 53.5. The molecule has 2 atom stereocenters. The molecule has 11 heteroatoms. The van der Waals surface area contributed by atoms with Gasteiger partial charge in [0, 0.05) is 29.6 Å². The summed E-state index contributed by atoms with van der Waals surface area (Å²) in [5.74, 6) is -0.184. The van der Waals surface area contributed by atoms with Crippen molar-refractivity contribution < 1.29 is 27.1 Å². The number of rotatable bonds is 9. The molecule has 3 aromatic rings. The van der Waals surface area contributed by atoms with Crippen LogP contribution in [0.25, 0.3) is 0 Å². The van der Waals surface area contributed by atoms with Gasteiger partial charge in [-0.25, -0.2) is 12.8 Å².